The van der Waals surface area contributed by atoms with E-state index in [2.05, 4.69) is 10.3 Å². The van der Waals surface area contributed by atoms with Crippen LogP contribution in [0.15, 0.2) is 29.6 Å². The Hall–Kier alpha value is -2.81. The number of ether oxygens (including phenoxy) is 1. The first kappa shape index (κ1) is 16.6. The summed E-state index contributed by atoms with van der Waals surface area (Å²) in [6.45, 7) is -0.602. The lowest BCUT2D eigenvalue weighted by Crippen LogP contribution is -2.39. The number of rotatable bonds is 4. The molecule has 0 aliphatic rings. The molecule has 0 atom stereocenters. The number of nitrogens with zero attached hydrogens (tertiary/aromatic N) is 1. The van der Waals surface area contributed by atoms with Crippen LogP contribution >= 0.6 is 11.3 Å². The van der Waals surface area contributed by atoms with Crippen LogP contribution in [0.1, 0.15) is 10.5 Å². The van der Waals surface area contributed by atoms with Gasteiger partial charge in [-0.3, -0.25) is 10.1 Å². The maximum Gasteiger partial charge on any atom is 0.358 e. The van der Waals surface area contributed by atoms with Crippen molar-refractivity contribution in [1.82, 2.24) is 15.6 Å². The normalized spacial score (nSPS) is 10.0. The van der Waals surface area contributed by atoms with Gasteiger partial charge < -0.3 is 10.1 Å². The molecule has 1 aromatic heterocycles. The maximum atomic E-state index is 12.9. The summed E-state index contributed by atoms with van der Waals surface area (Å²) in [6.07, 6.45) is 0. The van der Waals surface area contributed by atoms with Gasteiger partial charge in [0, 0.05) is 18.0 Å². The Labute approximate surface area is 134 Å². The van der Waals surface area contributed by atoms with Gasteiger partial charge in [-0.05, 0) is 24.3 Å². The number of carbonyl (C=O) groups is 3. The summed E-state index contributed by atoms with van der Waals surface area (Å²) >= 11 is 1.19. The number of hydrogen-bond acceptors (Lipinski definition) is 6. The number of benzene rings is 1. The van der Waals surface area contributed by atoms with E-state index in [1.807, 2.05) is 5.32 Å². The first-order valence-corrected chi connectivity index (χ1v) is 7.27. The van der Waals surface area contributed by atoms with Gasteiger partial charge in [0.15, 0.2) is 12.3 Å². The van der Waals surface area contributed by atoms with Gasteiger partial charge >= 0.3 is 12.0 Å². The zero-order valence-electron chi connectivity index (χ0n) is 12.0. The molecule has 2 N–H and O–H groups in total. The molecule has 23 heavy (non-hydrogen) atoms. The Bertz CT molecular complexity index is 730. The first-order chi connectivity index (χ1) is 11.0. The molecule has 0 spiro atoms. The van der Waals surface area contributed by atoms with Gasteiger partial charge in [-0.15, -0.1) is 11.3 Å². The molecule has 7 nitrogen and oxygen atoms in total. The van der Waals surface area contributed by atoms with Gasteiger partial charge in [0.2, 0.25) is 0 Å². The summed E-state index contributed by atoms with van der Waals surface area (Å²) < 4.78 is 17.6. The highest BCUT2D eigenvalue weighted by Gasteiger charge is 2.15. The van der Waals surface area contributed by atoms with Gasteiger partial charge in [0.1, 0.15) is 10.8 Å². The van der Waals surface area contributed by atoms with E-state index >= 15 is 0 Å². The first-order valence-electron chi connectivity index (χ1n) is 6.39. The average molecular weight is 337 g/mol. The fourth-order valence-electron chi connectivity index (χ4n) is 1.52. The Kier molecular flexibility index (Phi) is 5.36. The molecule has 0 fully saturated rings. The summed E-state index contributed by atoms with van der Waals surface area (Å²) in [6, 6.07) is 4.97. The number of aromatic nitrogens is 1. The van der Waals surface area contributed by atoms with E-state index in [1.165, 1.54) is 35.9 Å². The summed E-state index contributed by atoms with van der Waals surface area (Å²) in [5, 5.41) is 6.14. The summed E-state index contributed by atoms with van der Waals surface area (Å²) in [5.74, 6) is -1.92. The van der Waals surface area contributed by atoms with Crippen LogP contribution in [0.2, 0.25) is 0 Å². The zero-order valence-corrected chi connectivity index (χ0v) is 12.8. The minimum absolute atomic E-state index is 0.0297. The van der Waals surface area contributed by atoms with E-state index in [1.54, 1.807) is 12.1 Å². The van der Waals surface area contributed by atoms with Crippen LogP contribution in [0.4, 0.5) is 9.18 Å². The number of nitrogens with one attached hydrogen (secondary N) is 2. The standard InChI is InChI=1S/C14H12FN3O4S/c1-16-14(21)18-11(19)6-22-13(20)10-7-23-12(17-10)8-2-4-9(15)5-3-8/h2-5,7H,6H2,1H3,(H2,16,18,19,21). The Morgan fingerprint density at radius 3 is 2.61 bits per heavy atom. The highest BCUT2D eigenvalue weighted by Crippen LogP contribution is 2.24. The highest BCUT2D eigenvalue weighted by molar-refractivity contribution is 7.13. The van der Waals surface area contributed by atoms with Crippen LogP contribution in [0.25, 0.3) is 10.6 Å². The fraction of sp³-hybridized carbons (Fsp3) is 0.143. The summed E-state index contributed by atoms with van der Waals surface area (Å²) in [5.41, 5.74) is 0.690. The van der Waals surface area contributed by atoms with Crippen molar-refractivity contribution in [3.05, 3.63) is 41.2 Å². The Morgan fingerprint density at radius 1 is 1.26 bits per heavy atom. The lowest BCUT2D eigenvalue weighted by molar-refractivity contribution is -0.123. The number of thiazole rings is 1. The fourth-order valence-corrected chi connectivity index (χ4v) is 2.32. The molecule has 2 rings (SSSR count). The van der Waals surface area contributed by atoms with Crippen molar-refractivity contribution in [2.75, 3.05) is 13.7 Å². The largest absolute Gasteiger partial charge is 0.451 e. The van der Waals surface area contributed by atoms with E-state index < -0.39 is 24.5 Å². The summed E-state index contributed by atoms with van der Waals surface area (Å²) in [4.78, 5) is 38.1. The van der Waals surface area contributed by atoms with E-state index in [9.17, 15) is 18.8 Å². The van der Waals surface area contributed by atoms with Crippen LogP contribution in [-0.2, 0) is 9.53 Å². The van der Waals surface area contributed by atoms with Crippen LogP contribution < -0.4 is 10.6 Å². The van der Waals surface area contributed by atoms with Gasteiger partial charge in [-0.2, -0.15) is 0 Å². The molecule has 1 aromatic carbocycles. The highest BCUT2D eigenvalue weighted by atomic mass is 32.1. The van der Waals surface area contributed by atoms with Crippen molar-refractivity contribution in [3.63, 3.8) is 0 Å². The molecule has 2 aromatic rings. The van der Waals surface area contributed by atoms with E-state index in [-0.39, 0.29) is 11.5 Å². The maximum absolute atomic E-state index is 12.9. The second kappa shape index (κ2) is 7.45. The molecule has 0 unspecified atom stereocenters. The molecular weight excluding hydrogens is 325 g/mol. The molecule has 0 bridgehead atoms. The number of carbonyl (C=O) groups excluding carboxylic acids is 3. The monoisotopic (exact) mass is 337 g/mol. The van der Waals surface area contributed by atoms with Crippen molar-refractivity contribution in [1.29, 1.82) is 0 Å². The predicted molar refractivity (Wildman–Crippen MR) is 80.4 cm³/mol. The molecule has 1 heterocycles. The molecule has 0 saturated heterocycles. The minimum atomic E-state index is -0.790. The average Bonchev–Trinajstić information content (AvgIpc) is 3.03. The number of amides is 3. The smallest absolute Gasteiger partial charge is 0.358 e. The van der Waals surface area contributed by atoms with Crippen LogP contribution in [0.3, 0.4) is 0 Å². The minimum Gasteiger partial charge on any atom is -0.451 e. The topological polar surface area (TPSA) is 97.4 Å². The molecule has 3 amide bonds. The van der Waals surface area contributed by atoms with Crippen LogP contribution in [0.5, 0.6) is 0 Å². The van der Waals surface area contributed by atoms with Gasteiger partial charge in [-0.1, -0.05) is 0 Å². The molecular formula is C14H12FN3O4S. The molecule has 9 heteroatoms. The molecule has 0 aliphatic carbocycles. The van der Waals surface area contributed by atoms with Crippen LogP contribution in [0, 0.1) is 5.82 Å². The quantitative estimate of drug-likeness (QED) is 0.825. The van der Waals surface area contributed by atoms with Gasteiger partial charge in [0.25, 0.3) is 5.91 Å². The molecule has 120 valence electrons. The van der Waals surface area contributed by atoms with Crippen molar-refractivity contribution < 1.29 is 23.5 Å². The van der Waals surface area contributed by atoms with E-state index in [0.29, 0.717) is 10.6 Å². The second-order valence-corrected chi connectivity index (χ2v) is 5.11. The van der Waals surface area contributed by atoms with Crippen molar-refractivity contribution in [3.8, 4) is 10.6 Å². The van der Waals surface area contributed by atoms with Crippen molar-refractivity contribution in [2.45, 2.75) is 0 Å². The Balaban J connectivity index is 1.95. The van der Waals surface area contributed by atoms with Crippen LogP contribution in [-0.4, -0.2) is 36.5 Å². The lowest BCUT2D eigenvalue weighted by atomic mass is 10.2. The Morgan fingerprint density at radius 2 is 1.96 bits per heavy atom. The number of halogens is 1. The third-order valence-corrected chi connectivity index (χ3v) is 3.51. The predicted octanol–water partition coefficient (Wildman–Crippen LogP) is 1.56. The summed E-state index contributed by atoms with van der Waals surface area (Å²) in [7, 11) is 1.35. The SMILES string of the molecule is CNC(=O)NC(=O)COC(=O)c1csc(-c2ccc(F)cc2)n1. The number of urea groups is 1. The van der Waals surface area contributed by atoms with Crippen molar-refractivity contribution >= 4 is 29.2 Å². The number of imide groups is 1. The van der Waals surface area contributed by atoms with Gasteiger partial charge in [-0.25, -0.2) is 19.0 Å². The van der Waals surface area contributed by atoms with E-state index in [0.717, 1.165) is 0 Å². The number of hydrogen-bond donors (Lipinski definition) is 2. The third-order valence-electron chi connectivity index (χ3n) is 2.62. The lowest BCUT2D eigenvalue weighted by Gasteiger charge is -2.03. The number of esters is 1. The second-order valence-electron chi connectivity index (χ2n) is 4.25. The molecule has 0 aliphatic heterocycles. The van der Waals surface area contributed by atoms with E-state index in [4.69, 9.17) is 4.74 Å². The molecule has 0 saturated carbocycles. The van der Waals surface area contributed by atoms with Gasteiger partial charge in [0.05, 0.1) is 0 Å². The third kappa shape index (κ3) is 4.58. The zero-order chi connectivity index (χ0) is 16.8. The molecule has 0 radical (unpaired) electrons. The van der Waals surface area contributed by atoms with Crippen molar-refractivity contribution in [2.24, 2.45) is 0 Å².